The van der Waals surface area contributed by atoms with Crippen molar-refractivity contribution >= 4 is 0 Å². The predicted octanol–water partition coefficient (Wildman–Crippen LogP) is 3.83. The summed E-state index contributed by atoms with van der Waals surface area (Å²) in [7, 11) is 0. The lowest BCUT2D eigenvalue weighted by Crippen LogP contribution is -2.08. The van der Waals surface area contributed by atoms with Crippen molar-refractivity contribution in [3.63, 3.8) is 0 Å². The Kier molecular flexibility index (Phi) is 4.37. The Morgan fingerprint density at radius 3 is 2.81 bits per heavy atom. The molecular formula is C14H18FN. The van der Waals surface area contributed by atoms with Gasteiger partial charge in [-0.25, -0.2) is 0 Å². The summed E-state index contributed by atoms with van der Waals surface area (Å²) in [5, 5.41) is 0.683. The third kappa shape index (κ3) is 2.55. The molecule has 0 fully saturated rings. The fraction of sp³-hybridized carbons (Fsp3) is 0.429. The quantitative estimate of drug-likeness (QED) is 0.387. The number of nitrogens with zero attached hydrogens (tertiary/aromatic N) is 1. The van der Waals surface area contributed by atoms with Gasteiger partial charge in [-0.1, -0.05) is 42.3 Å². The van der Waals surface area contributed by atoms with Gasteiger partial charge in [-0.3, -0.25) is 0 Å². The van der Waals surface area contributed by atoms with Gasteiger partial charge in [0.1, 0.15) is 0 Å². The third-order valence-corrected chi connectivity index (χ3v) is 2.59. The van der Waals surface area contributed by atoms with E-state index in [-0.39, 0.29) is 5.92 Å². The van der Waals surface area contributed by atoms with Gasteiger partial charge in [0.15, 0.2) is 0 Å². The van der Waals surface area contributed by atoms with Crippen LogP contribution in [0.2, 0.25) is 0 Å². The van der Waals surface area contributed by atoms with Gasteiger partial charge in [-0.05, 0) is 18.4 Å². The average molecular weight is 219 g/mol. The molecule has 1 atom stereocenters. The Morgan fingerprint density at radius 2 is 2.31 bits per heavy atom. The van der Waals surface area contributed by atoms with Gasteiger partial charge >= 0.3 is 0 Å². The van der Waals surface area contributed by atoms with Crippen LogP contribution >= 0.6 is 0 Å². The molecule has 86 valence electrons. The smallest absolute Gasteiger partial charge is 0.0859 e. The number of allylic oxidation sites excluding steroid dienone is 3. The predicted molar refractivity (Wildman–Crippen MR) is 65.7 cm³/mol. The second-order valence-electron chi connectivity index (χ2n) is 4.06. The molecule has 1 unspecified atom stereocenters. The average Bonchev–Trinajstić information content (AvgIpc) is 2.55. The second-order valence-corrected chi connectivity index (χ2v) is 4.06. The van der Waals surface area contributed by atoms with Crippen molar-refractivity contribution < 1.29 is 4.48 Å². The van der Waals surface area contributed by atoms with Crippen molar-refractivity contribution in [1.29, 1.82) is 0 Å². The van der Waals surface area contributed by atoms with E-state index in [4.69, 9.17) is 0 Å². The van der Waals surface area contributed by atoms with Gasteiger partial charge in [0.2, 0.25) is 0 Å². The largest absolute Gasteiger partial charge is 0.190 e. The first-order chi connectivity index (χ1) is 7.61. The maximum Gasteiger partial charge on any atom is 0.0859 e. The summed E-state index contributed by atoms with van der Waals surface area (Å²) in [6, 6.07) is 0. The highest BCUT2D eigenvalue weighted by Gasteiger charge is 2.29. The van der Waals surface area contributed by atoms with Crippen LogP contribution in [0.3, 0.4) is 0 Å². The Bertz CT molecular complexity index is 379. The van der Waals surface area contributed by atoms with Crippen LogP contribution in [0.15, 0.2) is 36.2 Å². The van der Waals surface area contributed by atoms with Crippen LogP contribution in [-0.4, -0.2) is 5.12 Å². The van der Waals surface area contributed by atoms with Gasteiger partial charge in [-0.2, -0.15) is 5.12 Å². The monoisotopic (exact) mass is 219 g/mol. The summed E-state index contributed by atoms with van der Waals surface area (Å²) >= 11 is 0. The Morgan fingerprint density at radius 1 is 1.62 bits per heavy atom. The molecule has 0 saturated heterocycles. The molecule has 0 aromatic heterocycles. The fourth-order valence-corrected chi connectivity index (χ4v) is 1.74. The van der Waals surface area contributed by atoms with E-state index in [1.165, 1.54) is 0 Å². The zero-order valence-corrected chi connectivity index (χ0v) is 10.1. The molecule has 0 bridgehead atoms. The minimum Gasteiger partial charge on any atom is -0.190 e. The van der Waals surface area contributed by atoms with E-state index in [9.17, 15) is 4.48 Å². The normalized spacial score (nSPS) is 22.1. The highest BCUT2D eigenvalue weighted by Crippen LogP contribution is 2.35. The summed E-state index contributed by atoms with van der Waals surface area (Å²) in [5.41, 5.74) is 1.66. The highest BCUT2D eigenvalue weighted by molar-refractivity contribution is 5.37. The SMILES string of the molecule is C=CCC#CC1C(C(C)C)=CN(F)/C1=C/C. The molecule has 1 rings (SSSR count). The van der Waals surface area contributed by atoms with Crippen LogP contribution < -0.4 is 0 Å². The number of rotatable bonds is 2. The van der Waals surface area contributed by atoms with E-state index in [1.807, 2.05) is 6.92 Å². The Balaban J connectivity index is 2.98. The molecule has 0 aromatic carbocycles. The van der Waals surface area contributed by atoms with E-state index in [0.717, 1.165) is 5.57 Å². The summed E-state index contributed by atoms with van der Waals surface area (Å²) in [6.45, 7) is 9.56. The molecule has 1 aliphatic heterocycles. The molecule has 1 aliphatic rings. The van der Waals surface area contributed by atoms with Crippen LogP contribution in [0.25, 0.3) is 0 Å². The summed E-state index contributed by atoms with van der Waals surface area (Å²) in [6.07, 6.45) is 5.72. The van der Waals surface area contributed by atoms with Crippen LogP contribution in [0, 0.1) is 23.7 Å². The first-order valence-electron chi connectivity index (χ1n) is 5.53. The van der Waals surface area contributed by atoms with E-state index in [1.54, 1.807) is 18.4 Å². The Labute approximate surface area is 97.3 Å². The molecule has 0 saturated carbocycles. The molecule has 0 aromatic rings. The van der Waals surface area contributed by atoms with Crippen molar-refractivity contribution in [2.45, 2.75) is 27.2 Å². The first-order valence-corrected chi connectivity index (χ1v) is 5.53. The summed E-state index contributed by atoms with van der Waals surface area (Å²) in [5.74, 6) is 6.31. The molecule has 1 nitrogen and oxygen atoms in total. The molecule has 0 aliphatic carbocycles. The molecule has 0 radical (unpaired) electrons. The molecule has 0 N–H and O–H groups in total. The van der Waals surface area contributed by atoms with Crippen molar-refractivity contribution in [2.75, 3.05) is 0 Å². The van der Waals surface area contributed by atoms with Gasteiger partial charge in [-0.15, -0.1) is 6.58 Å². The minimum atomic E-state index is -0.102. The van der Waals surface area contributed by atoms with Crippen LogP contribution in [-0.2, 0) is 0 Å². The second kappa shape index (κ2) is 5.55. The van der Waals surface area contributed by atoms with Crippen molar-refractivity contribution in [1.82, 2.24) is 5.12 Å². The van der Waals surface area contributed by atoms with Crippen molar-refractivity contribution in [3.8, 4) is 11.8 Å². The Hall–Kier alpha value is -1.49. The van der Waals surface area contributed by atoms with E-state index in [0.29, 0.717) is 23.2 Å². The van der Waals surface area contributed by atoms with E-state index in [2.05, 4.69) is 32.3 Å². The number of halogens is 1. The van der Waals surface area contributed by atoms with Crippen molar-refractivity contribution in [2.24, 2.45) is 11.8 Å². The molecule has 0 amide bonds. The third-order valence-electron chi connectivity index (χ3n) is 2.59. The lowest BCUT2D eigenvalue weighted by Gasteiger charge is -2.13. The number of hydrogen-bond donors (Lipinski definition) is 0. The number of hydrogen-bond acceptors (Lipinski definition) is 1. The molecule has 0 spiro atoms. The lowest BCUT2D eigenvalue weighted by atomic mass is 9.91. The highest BCUT2D eigenvalue weighted by atomic mass is 19.2. The topological polar surface area (TPSA) is 3.24 Å². The summed E-state index contributed by atoms with van der Waals surface area (Å²) in [4.78, 5) is 0. The minimum absolute atomic E-state index is 0.102. The first kappa shape index (κ1) is 12.6. The van der Waals surface area contributed by atoms with Gasteiger partial charge < -0.3 is 0 Å². The van der Waals surface area contributed by atoms with Crippen LogP contribution in [0.5, 0.6) is 0 Å². The van der Waals surface area contributed by atoms with Crippen molar-refractivity contribution in [3.05, 3.63) is 36.2 Å². The zero-order valence-electron chi connectivity index (χ0n) is 10.1. The molecular weight excluding hydrogens is 201 g/mol. The maximum absolute atomic E-state index is 13.6. The van der Waals surface area contributed by atoms with Gasteiger partial charge in [0, 0.05) is 12.6 Å². The zero-order chi connectivity index (χ0) is 12.1. The lowest BCUT2D eigenvalue weighted by molar-refractivity contribution is 0.141. The fourth-order valence-electron chi connectivity index (χ4n) is 1.74. The van der Waals surface area contributed by atoms with E-state index < -0.39 is 0 Å². The van der Waals surface area contributed by atoms with Crippen LogP contribution in [0.4, 0.5) is 4.48 Å². The molecule has 2 heteroatoms. The van der Waals surface area contributed by atoms with Crippen LogP contribution in [0.1, 0.15) is 27.2 Å². The van der Waals surface area contributed by atoms with E-state index >= 15 is 0 Å². The van der Waals surface area contributed by atoms with Gasteiger partial charge in [0.25, 0.3) is 0 Å². The standard InChI is InChI=1S/C14H18FN/c1-5-7-8-9-12-13(11(3)4)10-16(15)14(12)6-2/h5-6,10-12H,1,7H2,2-4H3/b14-6+. The maximum atomic E-state index is 13.6. The summed E-state index contributed by atoms with van der Waals surface area (Å²) < 4.78 is 13.6. The van der Waals surface area contributed by atoms with Gasteiger partial charge in [0.05, 0.1) is 11.6 Å². The molecule has 16 heavy (non-hydrogen) atoms. The molecule has 1 heterocycles.